The molecule has 0 radical (unpaired) electrons. The van der Waals surface area contributed by atoms with E-state index < -0.39 is 0 Å². The molecule has 0 atom stereocenters. The summed E-state index contributed by atoms with van der Waals surface area (Å²) in [4.78, 5) is 17.4. The van der Waals surface area contributed by atoms with E-state index in [2.05, 4.69) is 52.1 Å². The van der Waals surface area contributed by atoms with Gasteiger partial charge in [0.2, 0.25) is 5.91 Å². The molecule has 2 heterocycles. The lowest BCUT2D eigenvalue weighted by Crippen LogP contribution is -2.14. The molecule has 37 heavy (non-hydrogen) atoms. The van der Waals surface area contributed by atoms with Crippen LogP contribution in [0.25, 0.3) is 20.8 Å². The van der Waals surface area contributed by atoms with Crippen molar-refractivity contribution in [1.82, 2.24) is 19.7 Å². The maximum Gasteiger partial charge on any atom is 0.234 e. The molecule has 0 aliphatic rings. The smallest absolute Gasteiger partial charge is 0.234 e. The zero-order valence-corrected chi connectivity index (χ0v) is 22.5. The molecular formula is C28H27N5O2S2. The van der Waals surface area contributed by atoms with E-state index in [1.807, 2.05) is 48.5 Å². The molecular weight excluding hydrogens is 502 g/mol. The van der Waals surface area contributed by atoms with Crippen LogP contribution >= 0.6 is 23.1 Å². The molecule has 0 fully saturated rings. The van der Waals surface area contributed by atoms with Crippen molar-refractivity contribution in [3.05, 3.63) is 83.7 Å². The van der Waals surface area contributed by atoms with Crippen LogP contribution in [0, 0.1) is 6.92 Å². The molecule has 0 bridgehead atoms. The van der Waals surface area contributed by atoms with Crippen LogP contribution in [0.4, 0.5) is 5.69 Å². The Bertz CT molecular complexity index is 1530. The molecule has 0 saturated heterocycles. The van der Waals surface area contributed by atoms with Crippen molar-refractivity contribution >= 4 is 44.9 Å². The summed E-state index contributed by atoms with van der Waals surface area (Å²) in [7, 11) is 1.65. The van der Waals surface area contributed by atoms with E-state index in [4.69, 9.17) is 9.72 Å². The van der Waals surface area contributed by atoms with Crippen molar-refractivity contribution in [2.75, 3.05) is 18.2 Å². The summed E-state index contributed by atoms with van der Waals surface area (Å²) in [6.45, 7) is 4.87. The molecule has 1 N–H and O–H groups in total. The first kappa shape index (κ1) is 25.0. The number of methoxy groups -OCH3 is 1. The Kier molecular flexibility index (Phi) is 7.52. The highest BCUT2D eigenvalue weighted by molar-refractivity contribution is 7.99. The van der Waals surface area contributed by atoms with Gasteiger partial charge in [0, 0.05) is 24.2 Å². The number of hydrogen-bond donors (Lipinski definition) is 1. The summed E-state index contributed by atoms with van der Waals surface area (Å²) >= 11 is 3.06. The predicted octanol–water partition coefficient (Wildman–Crippen LogP) is 6.21. The van der Waals surface area contributed by atoms with Crippen molar-refractivity contribution < 1.29 is 9.53 Å². The van der Waals surface area contributed by atoms with Crippen molar-refractivity contribution in [2.24, 2.45) is 0 Å². The number of thiazole rings is 1. The Morgan fingerprint density at radius 2 is 1.84 bits per heavy atom. The van der Waals surface area contributed by atoms with Gasteiger partial charge < -0.3 is 14.6 Å². The van der Waals surface area contributed by atoms with E-state index in [9.17, 15) is 4.79 Å². The first-order valence-corrected chi connectivity index (χ1v) is 13.8. The number of rotatable bonds is 9. The lowest BCUT2D eigenvalue weighted by atomic mass is 10.1. The van der Waals surface area contributed by atoms with Gasteiger partial charge in [-0.25, -0.2) is 4.98 Å². The van der Waals surface area contributed by atoms with Crippen molar-refractivity contribution in [3.8, 4) is 16.3 Å². The molecule has 2 aromatic heterocycles. The van der Waals surface area contributed by atoms with Gasteiger partial charge in [-0.05, 0) is 73.5 Å². The van der Waals surface area contributed by atoms with Crippen LogP contribution in [0.15, 0.2) is 71.9 Å². The second-order valence-corrected chi connectivity index (χ2v) is 10.5. The SMILES string of the molecule is CCn1c(Cc2ccc(OC)cc2)nnc1SCC(=O)Nc1ccc(-c2nc3ccc(C)cc3s2)cc1. The fourth-order valence-corrected chi connectivity index (χ4v) is 5.87. The minimum atomic E-state index is -0.0874. The standard InChI is InChI=1S/C28H27N5O2S2/c1-4-33-25(16-19-6-12-22(35-3)13-7-19)31-32-28(33)36-17-26(34)29-21-10-8-20(9-11-21)27-30-23-14-5-18(2)15-24(23)37-27/h5-15H,4,16-17H2,1-3H3,(H,29,34). The molecule has 5 aromatic rings. The average Bonchev–Trinajstić information content (AvgIpc) is 3.51. The van der Waals surface area contributed by atoms with Crippen LogP contribution in [0.1, 0.15) is 23.9 Å². The van der Waals surface area contributed by atoms with E-state index >= 15 is 0 Å². The Morgan fingerprint density at radius 3 is 2.57 bits per heavy atom. The van der Waals surface area contributed by atoms with Crippen LogP contribution < -0.4 is 10.1 Å². The third-order valence-electron chi connectivity index (χ3n) is 5.92. The minimum Gasteiger partial charge on any atom is -0.497 e. The number of aromatic nitrogens is 4. The van der Waals surface area contributed by atoms with E-state index in [-0.39, 0.29) is 11.7 Å². The first-order valence-electron chi connectivity index (χ1n) is 12.0. The van der Waals surface area contributed by atoms with Crippen LogP contribution in [-0.2, 0) is 17.8 Å². The minimum absolute atomic E-state index is 0.0874. The first-order chi connectivity index (χ1) is 18.0. The second-order valence-electron chi connectivity index (χ2n) is 8.57. The van der Waals surface area contributed by atoms with Gasteiger partial charge in [0.15, 0.2) is 5.16 Å². The zero-order valence-electron chi connectivity index (χ0n) is 20.9. The van der Waals surface area contributed by atoms with Crippen molar-refractivity contribution in [1.29, 1.82) is 0 Å². The maximum absolute atomic E-state index is 12.6. The summed E-state index contributed by atoms with van der Waals surface area (Å²) in [6.07, 6.45) is 0.665. The van der Waals surface area contributed by atoms with Gasteiger partial charge in [-0.2, -0.15) is 0 Å². The van der Waals surface area contributed by atoms with E-state index in [0.717, 1.165) is 50.6 Å². The highest BCUT2D eigenvalue weighted by Gasteiger charge is 2.14. The van der Waals surface area contributed by atoms with Gasteiger partial charge >= 0.3 is 0 Å². The number of benzene rings is 3. The molecule has 1 amide bonds. The number of thioether (sulfide) groups is 1. The Morgan fingerprint density at radius 1 is 1.05 bits per heavy atom. The van der Waals surface area contributed by atoms with Crippen molar-refractivity contribution in [3.63, 3.8) is 0 Å². The molecule has 3 aromatic carbocycles. The summed E-state index contributed by atoms with van der Waals surface area (Å²) < 4.78 is 8.46. The number of nitrogens with one attached hydrogen (secondary N) is 1. The molecule has 7 nitrogen and oxygen atoms in total. The maximum atomic E-state index is 12.6. The summed E-state index contributed by atoms with van der Waals surface area (Å²) in [6, 6.07) is 22.0. The largest absolute Gasteiger partial charge is 0.497 e. The Labute approximate surface area is 223 Å². The number of hydrogen-bond acceptors (Lipinski definition) is 7. The molecule has 0 unspecified atom stereocenters. The van der Waals surface area contributed by atoms with Crippen LogP contribution in [-0.4, -0.2) is 38.5 Å². The van der Waals surface area contributed by atoms with Crippen LogP contribution in [0.3, 0.4) is 0 Å². The Balaban J connectivity index is 1.18. The van der Waals surface area contributed by atoms with Gasteiger partial charge in [0.05, 0.1) is 23.1 Å². The zero-order chi connectivity index (χ0) is 25.8. The third kappa shape index (κ3) is 5.84. The summed E-state index contributed by atoms with van der Waals surface area (Å²) in [5, 5.41) is 13.4. The number of fused-ring (bicyclic) bond motifs is 1. The van der Waals surface area contributed by atoms with E-state index in [1.54, 1.807) is 18.4 Å². The monoisotopic (exact) mass is 529 g/mol. The highest BCUT2D eigenvalue weighted by atomic mass is 32.2. The van der Waals surface area contributed by atoms with E-state index in [1.165, 1.54) is 22.0 Å². The topological polar surface area (TPSA) is 81.9 Å². The number of amides is 1. The number of nitrogens with zero attached hydrogens (tertiary/aromatic N) is 4. The van der Waals surface area contributed by atoms with Gasteiger partial charge in [0.1, 0.15) is 16.6 Å². The number of carbonyl (C=O) groups is 1. The molecule has 9 heteroatoms. The molecule has 0 aliphatic carbocycles. The number of carbonyl (C=O) groups excluding carboxylic acids is 1. The van der Waals surface area contributed by atoms with Crippen LogP contribution in [0.5, 0.6) is 5.75 Å². The van der Waals surface area contributed by atoms with Gasteiger partial charge in [-0.15, -0.1) is 21.5 Å². The van der Waals surface area contributed by atoms with E-state index in [0.29, 0.717) is 6.42 Å². The lowest BCUT2D eigenvalue weighted by Gasteiger charge is -2.08. The summed E-state index contributed by atoms with van der Waals surface area (Å²) in [5.74, 6) is 1.86. The molecule has 188 valence electrons. The third-order valence-corrected chi connectivity index (χ3v) is 7.96. The lowest BCUT2D eigenvalue weighted by molar-refractivity contribution is -0.113. The number of ether oxygens (including phenoxy) is 1. The normalized spacial score (nSPS) is 11.1. The van der Waals surface area contributed by atoms with Gasteiger partial charge in [0.25, 0.3) is 0 Å². The fourth-order valence-electron chi connectivity index (χ4n) is 3.98. The average molecular weight is 530 g/mol. The van der Waals surface area contributed by atoms with Crippen molar-refractivity contribution in [2.45, 2.75) is 32.0 Å². The summed E-state index contributed by atoms with van der Waals surface area (Å²) in [5.41, 5.74) is 5.15. The fraction of sp³-hybridized carbons (Fsp3) is 0.214. The number of aryl methyl sites for hydroxylation is 1. The predicted molar refractivity (Wildman–Crippen MR) is 151 cm³/mol. The van der Waals surface area contributed by atoms with Gasteiger partial charge in [-0.3, -0.25) is 4.79 Å². The molecule has 0 saturated carbocycles. The second kappa shape index (κ2) is 11.1. The van der Waals surface area contributed by atoms with Crippen LogP contribution in [0.2, 0.25) is 0 Å². The molecule has 5 rings (SSSR count). The quantitative estimate of drug-likeness (QED) is 0.229. The highest BCUT2D eigenvalue weighted by Crippen LogP contribution is 2.31. The Hall–Kier alpha value is -3.69. The van der Waals surface area contributed by atoms with Gasteiger partial charge in [-0.1, -0.05) is 30.0 Å². The molecule has 0 spiro atoms. The molecule has 0 aliphatic heterocycles. The number of anilines is 1.